The van der Waals surface area contributed by atoms with Crippen molar-refractivity contribution in [3.63, 3.8) is 0 Å². The van der Waals surface area contributed by atoms with Crippen LogP contribution in [0.4, 0.5) is 13.2 Å². The summed E-state index contributed by atoms with van der Waals surface area (Å²) in [5, 5.41) is 1.75. The van der Waals surface area contributed by atoms with E-state index in [0.717, 1.165) is 16.7 Å². The maximum absolute atomic E-state index is 12.3. The Morgan fingerprint density at radius 1 is 0.960 bits per heavy atom. The van der Waals surface area contributed by atoms with Crippen LogP contribution in [0.2, 0.25) is 0 Å². The first-order valence-corrected chi connectivity index (χ1v) is 9.24. The highest BCUT2D eigenvalue weighted by molar-refractivity contribution is 5.84. The number of hydrogen-bond acceptors (Lipinski definition) is 1. The first-order chi connectivity index (χ1) is 11.9. The second kappa shape index (κ2) is 7.67. The van der Waals surface area contributed by atoms with Crippen LogP contribution in [-0.2, 0) is 0 Å². The summed E-state index contributed by atoms with van der Waals surface area (Å²) in [6, 6.07) is 10.7. The van der Waals surface area contributed by atoms with Crippen LogP contribution >= 0.6 is 0 Å². The number of hydrogen-bond donors (Lipinski definition) is 0. The molecule has 0 unspecified atom stereocenters. The lowest BCUT2D eigenvalue weighted by Crippen LogP contribution is -2.17. The Kier molecular flexibility index (Phi) is 5.55. The number of ether oxygens (including phenoxy) is 1. The number of halogens is 3. The maximum atomic E-state index is 12.3. The van der Waals surface area contributed by atoms with Gasteiger partial charge < -0.3 is 4.74 Å². The molecule has 0 saturated heterocycles. The summed E-state index contributed by atoms with van der Waals surface area (Å²) in [7, 11) is 0. The summed E-state index contributed by atoms with van der Waals surface area (Å²) in [5.74, 6) is 1.29. The zero-order chi connectivity index (χ0) is 17.9. The first kappa shape index (κ1) is 18.1. The molecule has 1 nitrogen and oxygen atoms in total. The molecule has 2 aromatic rings. The highest BCUT2D eigenvalue weighted by Crippen LogP contribution is 2.38. The minimum atomic E-state index is -4.65. The molecule has 1 fully saturated rings. The first-order valence-electron chi connectivity index (χ1n) is 9.24. The molecule has 136 valence electrons. The second-order valence-corrected chi connectivity index (χ2v) is 7.18. The monoisotopic (exact) mass is 350 g/mol. The summed E-state index contributed by atoms with van der Waals surface area (Å²) in [6.07, 6.45) is 4.32. The molecule has 0 N–H and O–H groups in total. The van der Waals surface area contributed by atoms with Gasteiger partial charge in [-0.25, -0.2) is 0 Å². The van der Waals surface area contributed by atoms with Gasteiger partial charge in [0.1, 0.15) is 5.75 Å². The van der Waals surface area contributed by atoms with Crippen molar-refractivity contribution in [2.75, 3.05) is 0 Å². The Balaban J connectivity index is 1.69. The fraction of sp³-hybridized carbons (Fsp3) is 0.524. The third kappa shape index (κ3) is 4.90. The van der Waals surface area contributed by atoms with E-state index in [-0.39, 0.29) is 5.75 Å². The van der Waals surface area contributed by atoms with E-state index in [0.29, 0.717) is 5.92 Å². The third-order valence-electron chi connectivity index (χ3n) is 5.35. The van der Waals surface area contributed by atoms with Gasteiger partial charge in [0.15, 0.2) is 0 Å². The van der Waals surface area contributed by atoms with Crippen LogP contribution in [0.1, 0.15) is 63.4 Å². The summed E-state index contributed by atoms with van der Waals surface area (Å²) in [6.45, 7) is 2.24. The lowest BCUT2D eigenvalue weighted by atomic mass is 9.77. The second-order valence-electron chi connectivity index (χ2n) is 7.18. The SMILES string of the molecule is CCCC[C@H]1CC[C@H](c2ccc3cc(OC(F)(F)F)ccc3c2)CC1. The fourth-order valence-corrected chi connectivity index (χ4v) is 3.97. The van der Waals surface area contributed by atoms with Crippen LogP contribution < -0.4 is 4.74 Å². The quantitative estimate of drug-likeness (QED) is 0.554. The minimum Gasteiger partial charge on any atom is -0.406 e. The van der Waals surface area contributed by atoms with Crippen molar-refractivity contribution in [1.29, 1.82) is 0 Å². The van der Waals surface area contributed by atoms with Crippen LogP contribution in [0.25, 0.3) is 10.8 Å². The average Bonchev–Trinajstić information content (AvgIpc) is 2.58. The van der Waals surface area contributed by atoms with Crippen LogP contribution in [0, 0.1) is 5.92 Å². The summed E-state index contributed by atoms with van der Waals surface area (Å²) in [4.78, 5) is 0. The molecule has 0 spiro atoms. The number of fused-ring (bicyclic) bond motifs is 1. The van der Waals surface area contributed by atoms with E-state index >= 15 is 0 Å². The van der Waals surface area contributed by atoms with E-state index in [9.17, 15) is 13.2 Å². The van der Waals surface area contributed by atoms with Crippen molar-refractivity contribution in [2.24, 2.45) is 5.92 Å². The lowest BCUT2D eigenvalue weighted by molar-refractivity contribution is -0.274. The molecule has 4 heteroatoms. The Labute approximate surface area is 147 Å². The summed E-state index contributed by atoms with van der Waals surface area (Å²) >= 11 is 0. The average molecular weight is 350 g/mol. The fourth-order valence-electron chi connectivity index (χ4n) is 3.97. The van der Waals surface area contributed by atoms with E-state index in [2.05, 4.69) is 23.8 Å². The normalized spacial score (nSPS) is 21.4. The van der Waals surface area contributed by atoms with Crippen molar-refractivity contribution < 1.29 is 17.9 Å². The van der Waals surface area contributed by atoms with E-state index in [4.69, 9.17) is 0 Å². The molecule has 3 rings (SSSR count). The predicted octanol–water partition coefficient (Wildman–Crippen LogP) is 7.20. The zero-order valence-corrected chi connectivity index (χ0v) is 14.6. The molecule has 0 aromatic heterocycles. The van der Waals surface area contributed by atoms with Gasteiger partial charge in [0.05, 0.1) is 0 Å². The van der Waals surface area contributed by atoms with Crippen molar-refractivity contribution in [2.45, 2.75) is 64.1 Å². The summed E-state index contributed by atoms with van der Waals surface area (Å²) < 4.78 is 41.0. The van der Waals surface area contributed by atoms with Gasteiger partial charge >= 0.3 is 6.36 Å². The predicted molar refractivity (Wildman–Crippen MR) is 94.9 cm³/mol. The number of alkyl halides is 3. The molecule has 2 aromatic carbocycles. The molecule has 1 aliphatic carbocycles. The molecular weight excluding hydrogens is 325 g/mol. The van der Waals surface area contributed by atoms with Gasteiger partial charge in [0.25, 0.3) is 0 Å². The Bertz CT molecular complexity index is 700. The Morgan fingerprint density at radius 2 is 1.64 bits per heavy atom. The van der Waals surface area contributed by atoms with Gasteiger partial charge in [0.2, 0.25) is 0 Å². The number of rotatable bonds is 5. The molecule has 25 heavy (non-hydrogen) atoms. The summed E-state index contributed by atoms with van der Waals surface area (Å²) in [5.41, 5.74) is 1.31. The van der Waals surface area contributed by atoms with Gasteiger partial charge in [-0.3, -0.25) is 0 Å². The van der Waals surface area contributed by atoms with Crippen LogP contribution in [0.5, 0.6) is 5.75 Å². The zero-order valence-electron chi connectivity index (χ0n) is 14.6. The van der Waals surface area contributed by atoms with E-state index in [1.165, 1.54) is 62.6 Å². The number of unbranched alkanes of at least 4 members (excludes halogenated alkanes) is 1. The van der Waals surface area contributed by atoms with Crippen molar-refractivity contribution in [3.05, 3.63) is 42.0 Å². The largest absolute Gasteiger partial charge is 0.573 e. The number of benzene rings is 2. The Hall–Kier alpha value is -1.71. The van der Waals surface area contributed by atoms with Crippen molar-refractivity contribution >= 4 is 10.8 Å². The van der Waals surface area contributed by atoms with Gasteiger partial charge in [0, 0.05) is 0 Å². The molecule has 0 aliphatic heterocycles. The molecular formula is C21H25F3O. The van der Waals surface area contributed by atoms with Crippen LogP contribution in [-0.4, -0.2) is 6.36 Å². The Morgan fingerprint density at radius 3 is 2.32 bits per heavy atom. The third-order valence-corrected chi connectivity index (χ3v) is 5.35. The van der Waals surface area contributed by atoms with Gasteiger partial charge in [-0.1, -0.05) is 50.5 Å². The topological polar surface area (TPSA) is 9.23 Å². The standard InChI is InChI=1S/C21H25F3O/c1-2-3-4-15-5-7-16(8-6-15)17-9-10-19-14-20(25-21(22,23)24)12-11-18(19)13-17/h9-16H,2-8H2,1H3/t15-,16-. The highest BCUT2D eigenvalue weighted by Gasteiger charge is 2.31. The molecule has 0 heterocycles. The maximum Gasteiger partial charge on any atom is 0.573 e. The van der Waals surface area contributed by atoms with Crippen molar-refractivity contribution in [1.82, 2.24) is 0 Å². The molecule has 0 amide bonds. The molecule has 0 atom stereocenters. The van der Waals surface area contributed by atoms with E-state index in [1.807, 2.05) is 6.07 Å². The van der Waals surface area contributed by atoms with Crippen molar-refractivity contribution in [3.8, 4) is 5.75 Å². The highest BCUT2D eigenvalue weighted by atomic mass is 19.4. The lowest BCUT2D eigenvalue weighted by Gasteiger charge is -2.29. The molecule has 1 aliphatic rings. The van der Waals surface area contributed by atoms with Gasteiger partial charge in [-0.2, -0.15) is 0 Å². The molecule has 0 radical (unpaired) electrons. The van der Waals surface area contributed by atoms with E-state index < -0.39 is 6.36 Å². The molecule has 1 saturated carbocycles. The van der Waals surface area contributed by atoms with Crippen LogP contribution in [0.15, 0.2) is 36.4 Å². The van der Waals surface area contributed by atoms with Crippen LogP contribution in [0.3, 0.4) is 0 Å². The van der Waals surface area contributed by atoms with Gasteiger partial charge in [-0.05, 0) is 66.0 Å². The minimum absolute atomic E-state index is 0.163. The van der Waals surface area contributed by atoms with Gasteiger partial charge in [-0.15, -0.1) is 13.2 Å². The molecule has 0 bridgehead atoms. The smallest absolute Gasteiger partial charge is 0.406 e. The van der Waals surface area contributed by atoms with E-state index in [1.54, 1.807) is 6.07 Å².